The molecule has 0 bridgehead atoms. The smallest absolute Gasteiger partial charge is 0.202 e. The Bertz CT molecular complexity index is 342. The highest BCUT2D eigenvalue weighted by Crippen LogP contribution is 2.34. The maximum Gasteiger partial charge on any atom is 0.202 e. The van der Waals surface area contributed by atoms with Gasteiger partial charge in [0.1, 0.15) is 5.69 Å². The second-order valence-electron chi connectivity index (χ2n) is 3.09. The van der Waals surface area contributed by atoms with Gasteiger partial charge in [-0.1, -0.05) is 0 Å². The molecular formula is C9H11NO4. The molecule has 2 heterocycles. The predicted molar refractivity (Wildman–Crippen MR) is 46.0 cm³/mol. The van der Waals surface area contributed by atoms with Crippen molar-refractivity contribution in [3.63, 3.8) is 0 Å². The Balaban J connectivity index is 2.35. The molecular weight excluding hydrogens is 186 g/mol. The van der Waals surface area contributed by atoms with Crippen LogP contribution in [0.15, 0.2) is 12.3 Å². The van der Waals surface area contributed by atoms with E-state index < -0.39 is 12.6 Å². The number of nitrogens with zero attached hydrogens (tertiary/aromatic N) is 1. The number of aromatic nitrogens is 1. The van der Waals surface area contributed by atoms with Crippen LogP contribution in [0.1, 0.15) is 29.4 Å². The fourth-order valence-corrected chi connectivity index (χ4v) is 1.45. The van der Waals surface area contributed by atoms with E-state index in [0.29, 0.717) is 17.9 Å². The minimum absolute atomic E-state index is 0.373. The number of fused-ring (bicyclic) bond motifs is 1. The van der Waals surface area contributed by atoms with Crippen molar-refractivity contribution < 1.29 is 19.7 Å². The van der Waals surface area contributed by atoms with Crippen LogP contribution in [0.4, 0.5) is 0 Å². The monoisotopic (exact) mass is 197 g/mol. The number of hydrogen-bond acceptors (Lipinski definition) is 5. The van der Waals surface area contributed by atoms with E-state index in [2.05, 4.69) is 4.98 Å². The van der Waals surface area contributed by atoms with E-state index in [1.807, 2.05) is 0 Å². The van der Waals surface area contributed by atoms with Crippen molar-refractivity contribution in [3.8, 4) is 0 Å². The van der Waals surface area contributed by atoms with Crippen molar-refractivity contribution in [1.82, 2.24) is 4.98 Å². The zero-order valence-corrected chi connectivity index (χ0v) is 7.67. The number of pyridine rings is 1. The Kier molecular flexibility index (Phi) is 2.47. The molecule has 0 aliphatic carbocycles. The highest BCUT2D eigenvalue weighted by Gasteiger charge is 2.30. The summed E-state index contributed by atoms with van der Waals surface area (Å²) in [5.41, 5.74) is 1.72. The van der Waals surface area contributed by atoms with Crippen LogP contribution < -0.4 is 0 Å². The lowest BCUT2D eigenvalue weighted by molar-refractivity contribution is -0.194. The van der Waals surface area contributed by atoms with Gasteiger partial charge >= 0.3 is 0 Å². The molecule has 1 aliphatic rings. The molecule has 2 rings (SSSR count). The zero-order valence-electron chi connectivity index (χ0n) is 7.67. The Morgan fingerprint density at radius 1 is 1.50 bits per heavy atom. The summed E-state index contributed by atoms with van der Waals surface area (Å²) < 4.78 is 9.70. The van der Waals surface area contributed by atoms with Gasteiger partial charge in [0, 0.05) is 18.9 Å². The lowest BCUT2D eigenvalue weighted by Gasteiger charge is -2.03. The molecule has 2 atom stereocenters. The highest BCUT2D eigenvalue weighted by atomic mass is 16.7. The van der Waals surface area contributed by atoms with Crippen molar-refractivity contribution in [2.24, 2.45) is 0 Å². The topological polar surface area (TPSA) is 71.8 Å². The van der Waals surface area contributed by atoms with Gasteiger partial charge < -0.3 is 19.7 Å². The second-order valence-corrected chi connectivity index (χ2v) is 3.09. The first-order valence-corrected chi connectivity index (χ1v) is 4.21. The molecule has 14 heavy (non-hydrogen) atoms. The number of ether oxygens (including phenoxy) is 2. The van der Waals surface area contributed by atoms with Gasteiger partial charge in [0.05, 0.1) is 6.61 Å². The van der Waals surface area contributed by atoms with Gasteiger partial charge in [-0.3, -0.25) is 4.98 Å². The number of aliphatic hydroxyl groups excluding tert-OH is 2. The molecule has 2 N–H and O–H groups in total. The van der Waals surface area contributed by atoms with E-state index in [1.165, 1.54) is 0 Å². The van der Waals surface area contributed by atoms with Crippen LogP contribution in [0, 0.1) is 0 Å². The second kappa shape index (κ2) is 3.62. The molecule has 5 nitrogen and oxygen atoms in total. The molecule has 5 heteroatoms. The van der Waals surface area contributed by atoms with Gasteiger partial charge in [-0.25, -0.2) is 0 Å². The van der Waals surface area contributed by atoms with Gasteiger partial charge in [-0.2, -0.15) is 0 Å². The van der Waals surface area contributed by atoms with E-state index in [-0.39, 0.29) is 0 Å². The van der Waals surface area contributed by atoms with E-state index in [4.69, 9.17) is 9.47 Å². The van der Waals surface area contributed by atoms with Gasteiger partial charge in [0.2, 0.25) is 6.29 Å². The van der Waals surface area contributed by atoms with Crippen molar-refractivity contribution in [2.75, 3.05) is 7.11 Å². The van der Waals surface area contributed by atoms with Crippen LogP contribution in [-0.2, 0) is 16.1 Å². The number of aliphatic hydroxyl groups is 2. The van der Waals surface area contributed by atoms with Gasteiger partial charge in [0.15, 0.2) is 6.29 Å². The summed E-state index contributed by atoms with van der Waals surface area (Å²) >= 11 is 0. The maximum atomic E-state index is 9.38. The average molecular weight is 197 g/mol. The molecule has 0 radical (unpaired) electrons. The maximum absolute atomic E-state index is 9.38. The fourth-order valence-electron chi connectivity index (χ4n) is 1.45. The van der Waals surface area contributed by atoms with E-state index in [0.717, 1.165) is 5.56 Å². The predicted octanol–water partition coefficient (Wildman–Crippen LogP) is 0.240. The summed E-state index contributed by atoms with van der Waals surface area (Å²) in [6.07, 6.45) is -0.631. The SMILES string of the molecule is COCc1cnc2c(c1)C(O)OC2O. The number of methoxy groups -OCH3 is 1. The van der Waals surface area contributed by atoms with Gasteiger partial charge in [-0.15, -0.1) is 0 Å². The largest absolute Gasteiger partial charge is 0.380 e. The Hall–Kier alpha value is -1.01. The Morgan fingerprint density at radius 3 is 3.00 bits per heavy atom. The average Bonchev–Trinajstić information content (AvgIpc) is 2.43. The van der Waals surface area contributed by atoms with E-state index in [1.54, 1.807) is 19.4 Å². The normalized spacial score (nSPS) is 25.1. The number of rotatable bonds is 2. The molecule has 76 valence electrons. The molecule has 0 amide bonds. The molecule has 0 saturated carbocycles. The molecule has 0 spiro atoms. The quantitative estimate of drug-likeness (QED) is 0.710. The van der Waals surface area contributed by atoms with Crippen LogP contribution >= 0.6 is 0 Å². The third-order valence-electron chi connectivity index (χ3n) is 2.07. The highest BCUT2D eigenvalue weighted by molar-refractivity contribution is 5.29. The molecule has 0 fully saturated rings. The zero-order chi connectivity index (χ0) is 10.1. The lowest BCUT2D eigenvalue weighted by Crippen LogP contribution is -1.98. The van der Waals surface area contributed by atoms with Gasteiger partial charge in [0.25, 0.3) is 0 Å². The third-order valence-corrected chi connectivity index (χ3v) is 2.07. The third kappa shape index (κ3) is 1.51. The first-order valence-electron chi connectivity index (χ1n) is 4.21. The molecule has 0 aromatic carbocycles. The summed E-state index contributed by atoms with van der Waals surface area (Å²) in [4.78, 5) is 3.99. The fraction of sp³-hybridized carbons (Fsp3) is 0.444. The van der Waals surface area contributed by atoms with E-state index >= 15 is 0 Å². The van der Waals surface area contributed by atoms with Crippen molar-refractivity contribution >= 4 is 0 Å². The lowest BCUT2D eigenvalue weighted by atomic mass is 10.1. The molecule has 1 aromatic rings. The minimum Gasteiger partial charge on any atom is -0.380 e. The molecule has 1 aromatic heterocycles. The van der Waals surface area contributed by atoms with Crippen LogP contribution in [0.25, 0.3) is 0 Å². The van der Waals surface area contributed by atoms with E-state index in [9.17, 15) is 10.2 Å². The summed E-state index contributed by atoms with van der Waals surface area (Å²) in [6, 6.07) is 1.72. The Morgan fingerprint density at radius 2 is 2.29 bits per heavy atom. The van der Waals surface area contributed by atoms with Crippen LogP contribution in [-0.4, -0.2) is 22.3 Å². The standard InChI is InChI=1S/C9H11NO4/c1-13-4-5-2-6-7(10-3-5)9(12)14-8(6)11/h2-3,8-9,11-12H,4H2,1H3. The van der Waals surface area contributed by atoms with Crippen LogP contribution in [0.3, 0.4) is 0 Å². The summed E-state index contributed by atoms with van der Waals surface area (Å²) in [5, 5.41) is 18.7. The Labute approximate surface area is 80.9 Å². The van der Waals surface area contributed by atoms with Crippen molar-refractivity contribution in [2.45, 2.75) is 19.2 Å². The van der Waals surface area contributed by atoms with Gasteiger partial charge in [-0.05, 0) is 11.6 Å². The summed E-state index contributed by atoms with van der Waals surface area (Å²) in [7, 11) is 1.58. The first-order chi connectivity index (χ1) is 6.72. The molecule has 0 saturated heterocycles. The van der Waals surface area contributed by atoms with Crippen LogP contribution in [0.2, 0.25) is 0 Å². The summed E-state index contributed by atoms with van der Waals surface area (Å²) in [6.45, 7) is 0.420. The first kappa shape index (κ1) is 9.54. The summed E-state index contributed by atoms with van der Waals surface area (Å²) in [5.74, 6) is 0. The minimum atomic E-state index is -1.13. The van der Waals surface area contributed by atoms with Crippen molar-refractivity contribution in [1.29, 1.82) is 0 Å². The number of hydrogen-bond donors (Lipinski definition) is 2. The van der Waals surface area contributed by atoms with Crippen LogP contribution in [0.5, 0.6) is 0 Å². The van der Waals surface area contributed by atoms with Crippen molar-refractivity contribution in [3.05, 3.63) is 29.1 Å². The molecule has 2 unspecified atom stereocenters. The molecule has 1 aliphatic heterocycles.